The maximum Gasteiger partial charge on any atom is 0.416 e. The first kappa shape index (κ1) is 17.7. The standard InChI is InChI=1S/C18H19F3N2O2/c1-25-16-5-6-22-14(8-16)10-23-11-15(24)9-17(23)12-3-2-4-13(7-12)18(19,20)21/h2-8,15,17,24H,9-11H2,1H3/t15-,17-/m1/s1. The number of ether oxygens (including phenoxy) is 1. The quantitative estimate of drug-likeness (QED) is 0.916. The lowest BCUT2D eigenvalue weighted by Crippen LogP contribution is -2.25. The van der Waals surface area contributed by atoms with E-state index in [9.17, 15) is 18.3 Å². The summed E-state index contributed by atoms with van der Waals surface area (Å²) in [5.74, 6) is 0.667. The molecule has 0 amide bonds. The minimum atomic E-state index is -4.38. The molecule has 2 heterocycles. The zero-order valence-electron chi connectivity index (χ0n) is 13.7. The number of β-amino-alcohol motifs (C(OH)–C–C–N with tert-alkyl or cyclic N) is 1. The first-order valence-corrected chi connectivity index (χ1v) is 7.95. The molecule has 1 aromatic heterocycles. The fourth-order valence-electron chi connectivity index (χ4n) is 3.20. The summed E-state index contributed by atoms with van der Waals surface area (Å²) in [6, 6.07) is 8.53. The van der Waals surface area contributed by atoms with E-state index < -0.39 is 17.8 Å². The van der Waals surface area contributed by atoms with Gasteiger partial charge in [0.15, 0.2) is 0 Å². The van der Waals surface area contributed by atoms with Crippen LogP contribution >= 0.6 is 0 Å². The van der Waals surface area contributed by atoms with Crippen molar-refractivity contribution in [2.24, 2.45) is 0 Å². The van der Waals surface area contributed by atoms with Crippen molar-refractivity contribution in [3.63, 3.8) is 0 Å². The highest BCUT2D eigenvalue weighted by Crippen LogP contribution is 2.36. The molecular weight excluding hydrogens is 333 g/mol. The van der Waals surface area contributed by atoms with E-state index in [1.54, 1.807) is 31.5 Å². The lowest BCUT2D eigenvalue weighted by molar-refractivity contribution is -0.137. The van der Waals surface area contributed by atoms with Crippen LogP contribution in [-0.4, -0.2) is 34.7 Å². The van der Waals surface area contributed by atoms with E-state index in [-0.39, 0.29) is 6.04 Å². The zero-order valence-corrected chi connectivity index (χ0v) is 13.7. The van der Waals surface area contributed by atoms with Crippen LogP contribution in [0.5, 0.6) is 5.75 Å². The minimum Gasteiger partial charge on any atom is -0.497 e. The second-order valence-electron chi connectivity index (χ2n) is 6.14. The third kappa shape index (κ3) is 4.11. The summed E-state index contributed by atoms with van der Waals surface area (Å²) in [7, 11) is 1.56. The Bertz CT molecular complexity index is 736. The average molecular weight is 352 g/mol. The van der Waals surface area contributed by atoms with Gasteiger partial charge < -0.3 is 9.84 Å². The summed E-state index contributed by atoms with van der Waals surface area (Å²) in [6.07, 6.45) is -2.94. The molecule has 7 heteroatoms. The van der Waals surface area contributed by atoms with E-state index in [0.29, 0.717) is 30.8 Å². The molecule has 0 spiro atoms. The van der Waals surface area contributed by atoms with Crippen LogP contribution in [0.2, 0.25) is 0 Å². The molecule has 0 saturated carbocycles. The van der Waals surface area contributed by atoms with Crippen molar-refractivity contribution in [2.75, 3.05) is 13.7 Å². The van der Waals surface area contributed by atoms with Gasteiger partial charge in [0.05, 0.1) is 24.5 Å². The number of rotatable bonds is 4. The van der Waals surface area contributed by atoms with Crippen molar-refractivity contribution in [1.29, 1.82) is 0 Å². The van der Waals surface area contributed by atoms with Crippen molar-refractivity contribution >= 4 is 0 Å². The molecule has 0 aliphatic carbocycles. The second-order valence-corrected chi connectivity index (χ2v) is 6.14. The van der Waals surface area contributed by atoms with Crippen molar-refractivity contribution in [3.8, 4) is 5.75 Å². The SMILES string of the molecule is COc1ccnc(CN2C[C@H](O)C[C@@H]2c2cccc(C(F)(F)F)c2)c1. The molecule has 0 bridgehead atoms. The predicted molar refractivity (Wildman–Crippen MR) is 86.0 cm³/mol. The lowest BCUT2D eigenvalue weighted by atomic mass is 10.0. The second kappa shape index (κ2) is 7.01. The van der Waals surface area contributed by atoms with Gasteiger partial charge in [0, 0.05) is 31.4 Å². The molecule has 2 aromatic rings. The number of hydrogen-bond acceptors (Lipinski definition) is 4. The minimum absolute atomic E-state index is 0.287. The zero-order chi connectivity index (χ0) is 18.0. The van der Waals surface area contributed by atoms with Crippen LogP contribution in [0, 0.1) is 0 Å². The lowest BCUT2D eigenvalue weighted by Gasteiger charge is -2.25. The van der Waals surface area contributed by atoms with Gasteiger partial charge in [-0.15, -0.1) is 0 Å². The average Bonchev–Trinajstić information content (AvgIpc) is 2.95. The van der Waals surface area contributed by atoms with Crippen LogP contribution in [0.25, 0.3) is 0 Å². The number of aliphatic hydroxyl groups is 1. The first-order chi connectivity index (χ1) is 11.9. The van der Waals surface area contributed by atoms with Crippen LogP contribution in [-0.2, 0) is 12.7 Å². The molecule has 1 fully saturated rings. The third-order valence-electron chi connectivity index (χ3n) is 4.37. The monoisotopic (exact) mass is 352 g/mol. The number of likely N-dealkylation sites (tertiary alicyclic amines) is 1. The highest BCUT2D eigenvalue weighted by Gasteiger charge is 2.35. The van der Waals surface area contributed by atoms with E-state index in [2.05, 4.69) is 4.98 Å². The Balaban J connectivity index is 1.84. The van der Waals surface area contributed by atoms with Crippen LogP contribution < -0.4 is 4.74 Å². The van der Waals surface area contributed by atoms with Crippen LogP contribution in [0.4, 0.5) is 13.2 Å². The molecule has 134 valence electrons. The summed E-state index contributed by atoms with van der Waals surface area (Å²) in [6.45, 7) is 0.814. The Morgan fingerprint density at radius 2 is 2.08 bits per heavy atom. The number of benzene rings is 1. The number of hydrogen-bond donors (Lipinski definition) is 1. The Morgan fingerprint density at radius 3 is 2.80 bits per heavy atom. The molecule has 0 radical (unpaired) electrons. The topological polar surface area (TPSA) is 45.6 Å². The number of nitrogens with zero attached hydrogens (tertiary/aromatic N) is 2. The summed E-state index contributed by atoms with van der Waals surface area (Å²) >= 11 is 0. The maximum atomic E-state index is 13.0. The molecule has 1 N–H and O–H groups in total. The molecular formula is C18H19F3N2O2. The molecule has 1 aliphatic rings. The van der Waals surface area contributed by atoms with E-state index in [4.69, 9.17) is 4.74 Å². The van der Waals surface area contributed by atoms with Gasteiger partial charge in [-0.1, -0.05) is 12.1 Å². The third-order valence-corrected chi connectivity index (χ3v) is 4.37. The predicted octanol–water partition coefficient (Wildman–Crippen LogP) is 3.42. The van der Waals surface area contributed by atoms with Crippen LogP contribution in [0.3, 0.4) is 0 Å². The van der Waals surface area contributed by atoms with Gasteiger partial charge in [0.2, 0.25) is 0 Å². The van der Waals surface area contributed by atoms with Gasteiger partial charge in [0.1, 0.15) is 5.75 Å². The molecule has 25 heavy (non-hydrogen) atoms. The highest BCUT2D eigenvalue weighted by molar-refractivity contribution is 5.29. The Hall–Kier alpha value is -2.12. The fraction of sp³-hybridized carbons (Fsp3) is 0.389. The smallest absolute Gasteiger partial charge is 0.416 e. The summed E-state index contributed by atoms with van der Waals surface area (Å²) in [5, 5.41) is 10.0. The van der Waals surface area contributed by atoms with Gasteiger partial charge in [-0.2, -0.15) is 13.2 Å². The largest absolute Gasteiger partial charge is 0.497 e. The maximum absolute atomic E-state index is 13.0. The number of pyridine rings is 1. The van der Waals surface area contributed by atoms with Gasteiger partial charge in [-0.25, -0.2) is 0 Å². The van der Waals surface area contributed by atoms with E-state index >= 15 is 0 Å². The van der Waals surface area contributed by atoms with Gasteiger partial charge in [-0.3, -0.25) is 9.88 Å². The summed E-state index contributed by atoms with van der Waals surface area (Å²) < 4.78 is 44.1. The van der Waals surface area contributed by atoms with Gasteiger partial charge >= 0.3 is 6.18 Å². The number of halogens is 3. The van der Waals surface area contributed by atoms with E-state index in [1.165, 1.54) is 6.07 Å². The molecule has 4 nitrogen and oxygen atoms in total. The first-order valence-electron chi connectivity index (χ1n) is 7.95. The number of alkyl halides is 3. The van der Waals surface area contributed by atoms with E-state index in [1.807, 2.05) is 4.90 Å². The number of aromatic nitrogens is 1. The Morgan fingerprint density at radius 1 is 1.28 bits per heavy atom. The molecule has 1 aromatic carbocycles. The van der Waals surface area contributed by atoms with Crippen molar-refractivity contribution in [3.05, 3.63) is 59.4 Å². The van der Waals surface area contributed by atoms with E-state index in [0.717, 1.165) is 17.8 Å². The molecule has 1 aliphatic heterocycles. The van der Waals surface area contributed by atoms with Crippen molar-refractivity contribution < 1.29 is 23.0 Å². The van der Waals surface area contributed by atoms with Crippen molar-refractivity contribution in [1.82, 2.24) is 9.88 Å². The van der Waals surface area contributed by atoms with Crippen LogP contribution in [0.1, 0.15) is 29.3 Å². The molecule has 2 atom stereocenters. The fourth-order valence-corrected chi connectivity index (χ4v) is 3.20. The molecule has 1 saturated heterocycles. The molecule has 3 rings (SSSR count). The Kier molecular flexibility index (Phi) is 4.96. The summed E-state index contributed by atoms with van der Waals surface area (Å²) in [4.78, 5) is 6.22. The highest BCUT2D eigenvalue weighted by atomic mass is 19.4. The van der Waals surface area contributed by atoms with Crippen molar-refractivity contribution in [2.45, 2.75) is 31.3 Å². The van der Waals surface area contributed by atoms with Gasteiger partial charge in [0.25, 0.3) is 0 Å². The number of methoxy groups -OCH3 is 1. The van der Waals surface area contributed by atoms with Gasteiger partial charge in [-0.05, 0) is 30.2 Å². The molecule has 0 unspecified atom stereocenters. The normalized spacial score (nSPS) is 21.5. The summed E-state index contributed by atoms with van der Waals surface area (Å²) in [5.41, 5.74) is 0.616. The van der Waals surface area contributed by atoms with Crippen LogP contribution in [0.15, 0.2) is 42.6 Å². The number of aliphatic hydroxyl groups excluding tert-OH is 1. The Labute approximate surface area is 143 Å².